The van der Waals surface area contributed by atoms with Crippen molar-refractivity contribution in [1.29, 1.82) is 0 Å². The van der Waals surface area contributed by atoms with Gasteiger partial charge in [-0.2, -0.15) is 16.8 Å². The molecule has 1 rings (SSSR count). The van der Waals surface area contributed by atoms with Gasteiger partial charge in [0.15, 0.2) is 11.9 Å². The molecular formula is C36H69N2O9S2+. The molecule has 1 aromatic heterocycles. The molecule has 3 atom stereocenters. The Labute approximate surface area is 298 Å². The predicted octanol–water partition coefficient (Wildman–Crippen LogP) is 7.30. The van der Waals surface area contributed by atoms with Crippen molar-refractivity contribution in [3.05, 3.63) is 30.1 Å². The molecule has 1 amide bonds. The number of aryl methyl sites for hydroxylation is 1. The van der Waals surface area contributed by atoms with Crippen LogP contribution in [0.4, 0.5) is 0 Å². The monoisotopic (exact) mass is 737 g/mol. The Bertz CT molecular complexity index is 1210. The average Bonchev–Trinajstić information content (AvgIpc) is 3.06. The number of hydrogen-bond donors (Lipinski definition) is 3. The summed E-state index contributed by atoms with van der Waals surface area (Å²) in [5, 5.41) is 2.87. The Morgan fingerprint density at radius 3 is 1.78 bits per heavy atom. The van der Waals surface area contributed by atoms with Crippen LogP contribution >= 0.6 is 0 Å². The van der Waals surface area contributed by atoms with Gasteiger partial charge >= 0.3 is 5.97 Å². The Morgan fingerprint density at radius 1 is 0.735 bits per heavy atom. The van der Waals surface area contributed by atoms with Crippen LogP contribution in [0.15, 0.2) is 24.4 Å². The lowest BCUT2D eigenvalue weighted by Gasteiger charge is -2.09. The normalized spacial score (nSPS) is 13.2. The number of hydrogen-bond acceptors (Lipinski definition) is 7. The van der Waals surface area contributed by atoms with Crippen molar-refractivity contribution in [3.63, 3.8) is 0 Å². The third kappa shape index (κ3) is 30.5. The standard InChI is InChI=1S/C13H22N.C12H25NO4S.C11H22O5S/c1-4-6-10-14-11-8-7-9-13(14)12(3)5-2;1-3-11(2)12(14)13-9-7-5-4-6-8-10-18(15,16)17;1-3-10(2)11(12)16-8-6-4-5-7-9-17(13,14)15/h7-9,11-12H,4-6,10H2,1-3H3;11H,3-10H2,1-2H3,(H,13,14)(H,15,16,17);10H,3-9H2,1-2H3,(H,13,14,15)/q+1;;. The van der Waals surface area contributed by atoms with Crippen molar-refractivity contribution in [1.82, 2.24) is 5.32 Å². The van der Waals surface area contributed by atoms with Gasteiger partial charge in [0.05, 0.1) is 24.0 Å². The highest BCUT2D eigenvalue weighted by Crippen LogP contribution is 2.14. The number of ether oxygens (including phenoxy) is 1. The molecule has 0 bridgehead atoms. The fraction of sp³-hybridized carbons (Fsp3) is 0.806. The maximum absolute atomic E-state index is 11.4. The van der Waals surface area contributed by atoms with Gasteiger partial charge < -0.3 is 10.1 Å². The molecule has 0 saturated heterocycles. The van der Waals surface area contributed by atoms with E-state index < -0.39 is 20.2 Å². The number of esters is 1. The number of nitrogens with zero attached hydrogens (tertiary/aromatic N) is 1. The lowest BCUT2D eigenvalue weighted by Crippen LogP contribution is -2.38. The Kier molecular flexibility index (Phi) is 29.6. The zero-order valence-corrected chi connectivity index (χ0v) is 33.1. The molecule has 1 aromatic rings. The van der Waals surface area contributed by atoms with E-state index in [0.29, 0.717) is 38.3 Å². The SMILES string of the molecule is CCC(C)C(=O)NCCCCCCCS(=O)(=O)O.CCC(C)C(=O)OCCCCCCS(=O)(=O)O.CCCC[n+]1ccccc1C(C)CC. The highest BCUT2D eigenvalue weighted by molar-refractivity contribution is 7.86. The van der Waals surface area contributed by atoms with Gasteiger partial charge in [-0.3, -0.25) is 18.7 Å². The Hall–Kier alpha value is -2.09. The minimum Gasteiger partial charge on any atom is -0.465 e. The zero-order chi connectivity index (χ0) is 37.7. The van der Waals surface area contributed by atoms with Gasteiger partial charge in [-0.1, -0.05) is 93.1 Å². The number of carbonyl (C=O) groups is 2. The molecule has 13 heteroatoms. The second-order valence-corrected chi connectivity index (χ2v) is 16.0. The third-order valence-electron chi connectivity index (χ3n) is 8.34. The molecule has 3 N–H and O–H groups in total. The molecule has 0 aromatic carbocycles. The van der Waals surface area contributed by atoms with Crippen LogP contribution in [-0.2, 0) is 41.1 Å². The summed E-state index contributed by atoms with van der Waals surface area (Å²) in [5.74, 6) is 0.258. The van der Waals surface area contributed by atoms with E-state index in [9.17, 15) is 26.4 Å². The van der Waals surface area contributed by atoms with E-state index in [0.717, 1.165) is 57.9 Å². The summed E-state index contributed by atoms with van der Waals surface area (Å²) in [6, 6.07) is 6.52. The summed E-state index contributed by atoms with van der Waals surface area (Å²) in [6.07, 6.45) is 14.4. The van der Waals surface area contributed by atoms with Gasteiger partial charge in [0.25, 0.3) is 20.2 Å². The van der Waals surface area contributed by atoms with Gasteiger partial charge in [-0.05, 0) is 44.9 Å². The quantitative estimate of drug-likeness (QED) is 0.0427. The number of amides is 1. The van der Waals surface area contributed by atoms with Gasteiger partial charge in [0.2, 0.25) is 5.91 Å². The van der Waals surface area contributed by atoms with E-state index in [-0.39, 0.29) is 35.2 Å². The highest BCUT2D eigenvalue weighted by Gasteiger charge is 2.15. The number of unbranched alkanes of at least 4 members (excludes halogenated alkanes) is 8. The topological polar surface area (TPSA) is 168 Å². The molecule has 11 nitrogen and oxygen atoms in total. The highest BCUT2D eigenvalue weighted by atomic mass is 32.2. The van der Waals surface area contributed by atoms with Crippen LogP contribution in [0.3, 0.4) is 0 Å². The van der Waals surface area contributed by atoms with Gasteiger partial charge in [-0.25, -0.2) is 4.57 Å². The molecule has 0 spiro atoms. The minimum atomic E-state index is -3.83. The molecule has 0 fully saturated rings. The first-order chi connectivity index (χ1) is 23.0. The fourth-order valence-corrected chi connectivity index (χ4v) is 5.55. The maximum Gasteiger partial charge on any atom is 0.308 e. The lowest BCUT2D eigenvalue weighted by atomic mass is 10.0. The Morgan fingerprint density at radius 2 is 1.27 bits per heavy atom. The number of nitrogens with one attached hydrogen (secondary N) is 1. The second kappa shape index (κ2) is 29.6. The molecule has 0 aliphatic rings. The molecular weight excluding hydrogens is 669 g/mol. The molecule has 0 saturated carbocycles. The summed E-state index contributed by atoms with van der Waals surface area (Å²) < 4.78 is 66.1. The third-order valence-corrected chi connectivity index (χ3v) is 9.95. The van der Waals surface area contributed by atoms with Crippen LogP contribution in [0.25, 0.3) is 0 Å². The molecule has 49 heavy (non-hydrogen) atoms. The molecule has 0 aliphatic heterocycles. The number of carbonyl (C=O) groups excluding carboxylic acids is 2. The van der Waals surface area contributed by atoms with E-state index in [4.69, 9.17) is 13.8 Å². The van der Waals surface area contributed by atoms with Crippen LogP contribution < -0.4 is 9.88 Å². The first kappa shape index (κ1) is 49.0. The zero-order valence-electron chi connectivity index (χ0n) is 31.5. The molecule has 288 valence electrons. The summed E-state index contributed by atoms with van der Waals surface area (Å²) in [5.41, 5.74) is 1.48. The van der Waals surface area contributed by atoms with Crippen LogP contribution in [-0.4, -0.2) is 62.5 Å². The van der Waals surface area contributed by atoms with E-state index in [1.165, 1.54) is 25.0 Å². The van der Waals surface area contributed by atoms with Crippen molar-refractivity contribution in [2.45, 2.75) is 151 Å². The Balaban J connectivity index is 0. The summed E-state index contributed by atoms with van der Waals surface area (Å²) in [4.78, 5) is 22.7. The van der Waals surface area contributed by atoms with Gasteiger partial charge in [-0.15, -0.1) is 0 Å². The first-order valence-electron chi connectivity index (χ1n) is 18.4. The molecule has 0 aliphatic carbocycles. The summed E-state index contributed by atoms with van der Waals surface area (Å²) >= 11 is 0. The second-order valence-electron chi connectivity index (χ2n) is 12.8. The molecule has 1 heterocycles. The lowest BCUT2D eigenvalue weighted by molar-refractivity contribution is -0.705. The van der Waals surface area contributed by atoms with Crippen molar-refractivity contribution in [2.24, 2.45) is 11.8 Å². The van der Waals surface area contributed by atoms with E-state index in [2.05, 4.69) is 55.1 Å². The number of aromatic nitrogens is 1. The van der Waals surface area contributed by atoms with Crippen LogP contribution in [0.2, 0.25) is 0 Å². The average molecular weight is 738 g/mol. The summed E-state index contributed by atoms with van der Waals surface area (Å²) in [6.45, 7) is 16.7. The van der Waals surface area contributed by atoms with E-state index >= 15 is 0 Å². The smallest absolute Gasteiger partial charge is 0.308 e. The maximum atomic E-state index is 11.4. The minimum absolute atomic E-state index is 0.0606. The van der Waals surface area contributed by atoms with Crippen LogP contribution in [0.5, 0.6) is 0 Å². The molecule has 0 radical (unpaired) electrons. The molecule has 3 unspecified atom stereocenters. The summed E-state index contributed by atoms with van der Waals surface area (Å²) in [7, 11) is -7.63. The van der Waals surface area contributed by atoms with E-state index in [1.54, 1.807) is 0 Å². The van der Waals surface area contributed by atoms with Crippen molar-refractivity contribution >= 4 is 32.1 Å². The van der Waals surface area contributed by atoms with Gasteiger partial charge in [0, 0.05) is 36.9 Å². The fourth-order valence-electron chi connectivity index (χ4n) is 4.41. The number of rotatable bonds is 24. The van der Waals surface area contributed by atoms with Crippen molar-refractivity contribution in [2.75, 3.05) is 24.7 Å². The largest absolute Gasteiger partial charge is 0.465 e. The predicted molar refractivity (Wildman–Crippen MR) is 198 cm³/mol. The van der Waals surface area contributed by atoms with Crippen molar-refractivity contribution < 1.29 is 44.8 Å². The van der Waals surface area contributed by atoms with Crippen LogP contribution in [0.1, 0.15) is 150 Å². The van der Waals surface area contributed by atoms with Crippen LogP contribution in [0, 0.1) is 11.8 Å². The van der Waals surface area contributed by atoms with Crippen molar-refractivity contribution in [3.8, 4) is 0 Å². The number of pyridine rings is 1. The van der Waals surface area contributed by atoms with E-state index in [1.807, 2.05) is 27.7 Å². The van der Waals surface area contributed by atoms with Gasteiger partial charge in [0.1, 0.15) is 6.54 Å². The first-order valence-corrected chi connectivity index (χ1v) is 21.6.